The zero-order valence-corrected chi connectivity index (χ0v) is 15.7. The normalized spacial score (nSPS) is 11.0. The second-order valence-electron chi connectivity index (χ2n) is 6.05. The summed E-state index contributed by atoms with van der Waals surface area (Å²) < 4.78 is 25.3. The van der Waals surface area contributed by atoms with Crippen LogP contribution in [0, 0.1) is 22.9 Å². The van der Waals surface area contributed by atoms with Crippen molar-refractivity contribution in [3.63, 3.8) is 0 Å². The first-order valence-electron chi connectivity index (χ1n) is 8.36. The van der Waals surface area contributed by atoms with Crippen molar-refractivity contribution in [1.82, 2.24) is 10.2 Å². The number of non-ortho nitro benzene ring substituents is 1. The summed E-state index contributed by atoms with van der Waals surface area (Å²) in [5.74, 6) is -0.791. The van der Waals surface area contributed by atoms with E-state index in [-0.39, 0.29) is 29.9 Å². The lowest BCUT2D eigenvalue weighted by Gasteiger charge is -2.01. The van der Waals surface area contributed by atoms with Gasteiger partial charge in [0.15, 0.2) is 6.61 Å². The van der Waals surface area contributed by atoms with Crippen molar-refractivity contribution >= 4 is 33.1 Å². The van der Waals surface area contributed by atoms with Crippen molar-refractivity contribution in [3.05, 3.63) is 74.7 Å². The van der Waals surface area contributed by atoms with Crippen LogP contribution >= 0.6 is 11.3 Å². The second kappa shape index (κ2) is 7.40. The molecule has 2 aromatic carbocycles. The van der Waals surface area contributed by atoms with E-state index in [1.807, 2.05) is 0 Å². The summed E-state index contributed by atoms with van der Waals surface area (Å²) in [5.41, 5.74) is 0.958. The molecule has 0 aliphatic rings. The van der Waals surface area contributed by atoms with Gasteiger partial charge in [0.2, 0.25) is 5.89 Å². The lowest BCUT2D eigenvalue weighted by Crippen LogP contribution is -2.05. The van der Waals surface area contributed by atoms with E-state index in [0.717, 1.165) is 11.3 Å². The van der Waals surface area contributed by atoms with Gasteiger partial charge in [-0.05, 0) is 36.8 Å². The first kappa shape index (κ1) is 18.7. The number of ether oxygens (including phenoxy) is 1. The molecule has 146 valence electrons. The van der Waals surface area contributed by atoms with E-state index < -0.39 is 10.9 Å². The third-order valence-corrected chi connectivity index (χ3v) is 5.44. The summed E-state index contributed by atoms with van der Waals surface area (Å²) in [6.07, 6.45) is 0. The third-order valence-electron chi connectivity index (χ3n) is 4.21. The number of hydrogen-bond acceptors (Lipinski definition) is 8. The van der Waals surface area contributed by atoms with Crippen molar-refractivity contribution in [1.29, 1.82) is 0 Å². The Morgan fingerprint density at radius 2 is 2.00 bits per heavy atom. The van der Waals surface area contributed by atoms with Gasteiger partial charge in [0, 0.05) is 27.8 Å². The van der Waals surface area contributed by atoms with Gasteiger partial charge in [0.25, 0.3) is 11.6 Å². The maximum absolute atomic E-state index is 14.0. The predicted molar refractivity (Wildman–Crippen MR) is 102 cm³/mol. The number of nitro groups is 1. The number of rotatable bonds is 5. The Balaban J connectivity index is 1.47. The summed E-state index contributed by atoms with van der Waals surface area (Å²) >= 11 is 1.15. The number of aromatic nitrogens is 2. The molecule has 0 fully saturated rings. The van der Waals surface area contributed by atoms with Crippen LogP contribution in [0.3, 0.4) is 0 Å². The van der Waals surface area contributed by atoms with Gasteiger partial charge in [-0.2, -0.15) is 0 Å². The Bertz CT molecular complexity index is 1230. The van der Waals surface area contributed by atoms with Crippen LogP contribution in [0.4, 0.5) is 10.1 Å². The lowest BCUT2D eigenvalue weighted by molar-refractivity contribution is -0.384. The SMILES string of the molecule is Cc1c(C(=O)OCc2nnc(-c3ccc([N+](=O)[O-])cc3)o2)sc2cccc(F)c12. The Kier molecular flexibility index (Phi) is 4.77. The molecule has 0 N–H and O–H groups in total. The van der Waals surface area contributed by atoms with Gasteiger partial charge in [0.1, 0.15) is 10.7 Å². The molecule has 0 aliphatic heterocycles. The van der Waals surface area contributed by atoms with Gasteiger partial charge in [0.05, 0.1) is 4.92 Å². The summed E-state index contributed by atoms with van der Waals surface area (Å²) in [4.78, 5) is 22.9. The van der Waals surface area contributed by atoms with Crippen LogP contribution < -0.4 is 0 Å². The highest BCUT2D eigenvalue weighted by molar-refractivity contribution is 7.21. The van der Waals surface area contributed by atoms with E-state index in [0.29, 0.717) is 26.1 Å². The Morgan fingerprint density at radius 1 is 1.24 bits per heavy atom. The fourth-order valence-corrected chi connectivity index (χ4v) is 3.91. The van der Waals surface area contributed by atoms with Crippen LogP contribution in [-0.4, -0.2) is 21.1 Å². The molecular formula is C19H12FN3O5S. The van der Waals surface area contributed by atoms with Gasteiger partial charge in [-0.1, -0.05) is 6.07 Å². The summed E-state index contributed by atoms with van der Waals surface area (Å²) in [7, 11) is 0. The molecule has 0 unspecified atom stereocenters. The smallest absolute Gasteiger partial charge is 0.349 e. The van der Waals surface area contributed by atoms with Gasteiger partial charge in [-0.3, -0.25) is 10.1 Å². The molecule has 0 saturated heterocycles. The fourth-order valence-electron chi connectivity index (χ4n) is 2.80. The van der Waals surface area contributed by atoms with Crippen molar-refractivity contribution in [2.45, 2.75) is 13.5 Å². The number of hydrogen-bond donors (Lipinski definition) is 0. The first-order valence-corrected chi connectivity index (χ1v) is 9.17. The third kappa shape index (κ3) is 3.57. The van der Waals surface area contributed by atoms with Crippen LogP contribution in [-0.2, 0) is 11.3 Å². The first-order chi connectivity index (χ1) is 13.9. The number of nitro benzene ring substituents is 1. The van der Waals surface area contributed by atoms with E-state index in [2.05, 4.69) is 10.2 Å². The number of nitrogens with zero attached hydrogens (tertiary/aromatic N) is 3. The molecule has 0 radical (unpaired) electrons. The molecular weight excluding hydrogens is 401 g/mol. The number of esters is 1. The Morgan fingerprint density at radius 3 is 2.69 bits per heavy atom. The average molecular weight is 413 g/mol. The molecule has 0 bridgehead atoms. The average Bonchev–Trinajstić information content (AvgIpc) is 3.32. The highest BCUT2D eigenvalue weighted by atomic mass is 32.1. The number of carbonyl (C=O) groups is 1. The van der Waals surface area contributed by atoms with Gasteiger partial charge in [-0.25, -0.2) is 9.18 Å². The Hall–Kier alpha value is -3.66. The molecule has 4 aromatic rings. The molecule has 10 heteroatoms. The van der Waals surface area contributed by atoms with Gasteiger partial charge < -0.3 is 9.15 Å². The number of aryl methyl sites for hydroxylation is 1. The molecule has 2 heterocycles. The largest absolute Gasteiger partial charge is 0.451 e. The maximum Gasteiger partial charge on any atom is 0.349 e. The number of benzene rings is 2. The van der Waals surface area contributed by atoms with E-state index in [9.17, 15) is 19.3 Å². The maximum atomic E-state index is 14.0. The lowest BCUT2D eigenvalue weighted by atomic mass is 10.1. The van der Waals surface area contributed by atoms with Crippen LogP contribution in [0.15, 0.2) is 46.9 Å². The van der Waals surface area contributed by atoms with E-state index in [1.54, 1.807) is 19.1 Å². The molecule has 0 atom stereocenters. The summed E-state index contributed by atoms with van der Waals surface area (Å²) in [6.45, 7) is 1.41. The second-order valence-corrected chi connectivity index (χ2v) is 7.10. The standard InChI is InChI=1S/C19H12FN3O5S/c1-10-16-13(20)3-2-4-14(16)29-17(10)19(24)27-9-15-21-22-18(28-15)11-5-7-12(8-6-11)23(25)26/h2-8H,9H2,1H3. The monoisotopic (exact) mass is 413 g/mol. The molecule has 29 heavy (non-hydrogen) atoms. The van der Waals surface area contributed by atoms with Crippen LogP contribution in [0.25, 0.3) is 21.5 Å². The van der Waals surface area contributed by atoms with E-state index >= 15 is 0 Å². The molecule has 0 amide bonds. The van der Waals surface area contributed by atoms with E-state index in [4.69, 9.17) is 9.15 Å². The van der Waals surface area contributed by atoms with Gasteiger partial charge >= 0.3 is 5.97 Å². The fraction of sp³-hybridized carbons (Fsp3) is 0.105. The van der Waals surface area contributed by atoms with Crippen molar-refractivity contribution in [2.24, 2.45) is 0 Å². The molecule has 0 aliphatic carbocycles. The topological polar surface area (TPSA) is 108 Å². The predicted octanol–water partition coefficient (Wildman–Crippen LogP) is 4.66. The minimum atomic E-state index is -0.613. The molecule has 8 nitrogen and oxygen atoms in total. The highest BCUT2D eigenvalue weighted by Crippen LogP contribution is 2.33. The minimum Gasteiger partial charge on any atom is -0.451 e. The summed E-state index contributed by atoms with van der Waals surface area (Å²) in [6, 6.07) is 10.3. The quantitative estimate of drug-likeness (QED) is 0.266. The van der Waals surface area contributed by atoms with Crippen LogP contribution in [0.1, 0.15) is 21.1 Å². The highest BCUT2D eigenvalue weighted by Gasteiger charge is 2.20. The zero-order valence-electron chi connectivity index (χ0n) is 14.9. The Labute approximate surface area is 166 Å². The number of thiophene rings is 1. The minimum absolute atomic E-state index is 0.0578. The zero-order chi connectivity index (χ0) is 20.5. The van der Waals surface area contributed by atoms with Crippen molar-refractivity contribution in [3.8, 4) is 11.5 Å². The number of fused-ring (bicyclic) bond motifs is 1. The van der Waals surface area contributed by atoms with Crippen molar-refractivity contribution < 1.29 is 23.3 Å². The number of carbonyl (C=O) groups excluding carboxylic acids is 1. The van der Waals surface area contributed by atoms with Gasteiger partial charge in [-0.15, -0.1) is 21.5 Å². The van der Waals surface area contributed by atoms with Crippen LogP contribution in [0.5, 0.6) is 0 Å². The molecule has 4 rings (SSSR count). The molecule has 2 aromatic heterocycles. The van der Waals surface area contributed by atoms with Crippen LogP contribution in [0.2, 0.25) is 0 Å². The molecule has 0 spiro atoms. The molecule has 0 saturated carbocycles. The number of halogens is 1. The van der Waals surface area contributed by atoms with Crippen molar-refractivity contribution in [2.75, 3.05) is 0 Å². The summed E-state index contributed by atoms with van der Waals surface area (Å²) in [5, 5.41) is 18.8. The van der Waals surface area contributed by atoms with E-state index in [1.165, 1.54) is 30.3 Å².